The minimum absolute atomic E-state index is 0.102. The van der Waals surface area contributed by atoms with Gasteiger partial charge in [-0.25, -0.2) is 0 Å². The van der Waals surface area contributed by atoms with Gasteiger partial charge in [0, 0.05) is 5.41 Å². The first kappa shape index (κ1) is 28.4. The maximum Gasteiger partial charge on any atom is 0.0673 e. The van der Waals surface area contributed by atoms with Crippen LogP contribution in [0.15, 0.2) is 96.6 Å². The normalized spacial score (nSPS) is 20.6. The Balaban J connectivity index is 1.56. The van der Waals surface area contributed by atoms with Crippen molar-refractivity contribution in [3.8, 4) is 22.3 Å². The molecule has 0 heterocycles. The molecule has 0 radical (unpaired) electrons. The Kier molecular flexibility index (Phi) is 7.04. The molecule has 3 aliphatic carbocycles. The van der Waals surface area contributed by atoms with E-state index in [2.05, 4.69) is 126 Å². The van der Waals surface area contributed by atoms with Gasteiger partial charge >= 0.3 is 0 Å². The van der Waals surface area contributed by atoms with Crippen molar-refractivity contribution < 1.29 is 0 Å². The van der Waals surface area contributed by atoms with Gasteiger partial charge in [-0.05, 0) is 107 Å². The predicted molar refractivity (Wildman–Crippen MR) is 184 cm³/mol. The lowest BCUT2D eigenvalue weighted by Crippen LogP contribution is -2.32. The lowest BCUT2D eigenvalue weighted by atomic mass is 9.62. The maximum absolute atomic E-state index is 2.68. The number of benzene rings is 4. The molecule has 0 saturated heterocycles. The summed E-state index contributed by atoms with van der Waals surface area (Å²) in [5, 5.41) is 0. The molecule has 1 unspecified atom stereocenters. The molecule has 1 atom stereocenters. The molecule has 0 amide bonds. The largest absolute Gasteiger partial charge is 0.0832 e. The van der Waals surface area contributed by atoms with Crippen molar-refractivity contribution in [3.63, 3.8) is 0 Å². The number of hydrogen-bond acceptors (Lipinski definition) is 0. The lowest BCUT2D eigenvalue weighted by molar-refractivity contribution is 0.317. The van der Waals surface area contributed by atoms with Gasteiger partial charge in [0.2, 0.25) is 0 Å². The van der Waals surface area contributed by atoms with Crippen LogP contribution >= 0.6 is 0 Å². The molecule has 3 aliphatic rings. The molecule has 0 aliphatic heterocycles. The van der Waals surface area contributed by atoms with Crippen LogP contribution in [0.2, 0.25) is 0 Å². The minimum Gasteiger partial charge on any atom is -0.0832 e. The monoisotopic (exact) mass is 564 g/mol. The Morgan fingerprint density at radius 3 is 1.84 bits per heavy atom. The van der Waals surface area contributed by atoms with E-state index in [1.54, 1.807) is 16.7 Å². The summed E-state index contributed by atoms with van der Waals surface area (Å²) in [5.74, 6) is 0. The highest BCUT2D eigenvalue weighted by atomic mass is 14.5. The minimum atomic E-state index is -0.252. The summed E-state index contributed by atoms with van der Waals surface area (Å²) in [6.07, 6.45) is 13.6. The topological polar surface area (TPSA) is 0 Å². The van der Waals surface area contributed by atoms with Crippen molar-refractivity contribution in [1.82, 2.24) is 0 Å². The second kappa shape index (κ2) is 10.7. The number of fused-ring (bicyclic) bond motifs is 6. The van der Waals surface area contributed by atoms with E-state index in [1.807, 2.05) is 0 Å². The average molecular weight is 565 g/mol. The van der Waals surface area contributed by atoms with Crippen LogP contribution in [0.4, 0.5) is 0 Å². The Morgan fingerprint density at radius 2 is 1.21 bits per heavy atom. The van der Waals surface area contributed by atoms with Gasteiger partial charge in [-0.1, -0.05) is 143 Å². The average Bonchev–Trinajstić information content (AvgIpc) is 3.46. The Labute approximate surface area is 260 Å². The zero-order chi connectivity index (χ0) is 29.8. The van der Waals surface area contributed by atoms with Gasteiger partial charge in [0.05, 0.1) is 5.41 Å². The number of allylic oxidation sites excluding steroid dienone is 2. The summed E-state index contributed by atoms with van der Waals surface area (Å²) in [4.78, 5) is 0. The van der Waals surface area contributed by atoms with Crippen LogP contribution in [-0.2, 0) is 10.8 Å². The highest BCUT2D eigenvalue weighted by Gasteiger charge is 2.51. The summed E-state index contributed by atoms with van der Waals surface area (Å²) < 4.78 is 0. The van der Waals surface area contributed by atoms with E-state index < -0.39 is 0 Å². The van der Waals surface area contributed by atoms with E-state index in [1.165, 1.54) is 89.5 Å². The third-order valence-corrected chi connectivity index (χ3v) is 11.3. The summed E-state index contributed by atoms with van der Waals surface area (Å²) in [6.45, 7) is 11.8. The first-order valence-corrected chi connectivity index (χ1v) is 17.0. The van der Waals surface area contributed by atoms with E-state index in [0.717, 1.165) is 12.8 Å². The van der Waals surface area contributed by atoms with Crippen LogP contribution < -0.4 is 0 Å². The summed E-state index contributed by atoms with van der Waals surface area (Å²) in [7, 11) is 0. The second-order valence-corrected chi connectivity index (χ2v) is 14.5. The van der Waals surface area contributed by atoms with Crippen molar-refractivity contribution in [2.45, 2.75) is 103 Å². The number of rotatable bonds is 8. The summed E-state index contributed by atoms with van der Waals surface area (Å²) in [6, 6.07) is 33.7. The fourth-order valence-corrected chi connectivity index (χ4v) is 8.91. The van der Waals surface area contributed by atoms with Gasteiger partial charge in [0.15, 0.2) is 0 Å². The van der Waals surface area contributed by atoms with Gasteiger partial charge < -0.3 is 0 Å². The predicted octanol–water partition coefficient (Wildman–Crippen LogP) is 12.1. The van der Waals surface area contributed by atoms with Gasteiger partial charge in [-0.15, -0.1) is 0 Å². The lowest BCUT2D eigenvalue weighted by Gasteiger charge is -2.40. The van der Waals surface area contributed by atoms with Crippen LogP contribution in [0.25, 0.3) is 22.3 Å². The smallest absolute Gasteiger partial charge is 0.0673 e. The van der Waals surface area contributed by atoms with Crippen LogP contribution in [0, 0.1) is 12.3 Å². The van der Waals surface area contributed by atoms with Crippen molar-refractivity contribution >= 4 is 0 Å². The molecule has 0 spiro atoms. The van der Waals surface area contributed by atoms with Gasteiger partial charge in [-0.2, -0.15) is 0 Å². The molecule has 4 aromatic rings. The van der Waals surface area contributed by atoms with Crippen molar-refractivity contribution in [2.24, 2.45) is 5.41 Å². The SMILES string of the molecule is CCCCC1(CCCC)c2ccccc2-c2cc3c(cc21)-c1ccccc1C3(C1=CCC(C)(C)CC1)c1ccc(C)cc1. The van der Waals surface area contributed by atoms with Crippen molar-refractivity contribution in [3.05, 3.63) is 130 Å². The highest BCUT2D eigenvalue weighted by Crippen LogP contribution is 2.63. The van der Waals surface area contributed by atoms with E-state index in [-0.39, 0.29) is 10.8 Å². The van der Waals surface area contributed by atoms with Crippen LogP contribution in [-0.4, -0.2) is 0 Å². The number of unbranched alkanes of at least 4 members (excludes halogenated alkanes) is 2. The zero-order valence-corrected chi connectivity index (χ0v) is 27.0. The first-order valence-electron chi connectivity index (χ1n) is 17.0. The van der Waals surface area contributed by atoms with E-state index in [9.17, 15) is 0 Å². The summed E-state index contributed by atoms with van der Waals surface area (Å²) in [5.41, 5.74) is 16.5. The zero-order valence-electron chi connectivity index (χ0n) is 27.0. The van der Waals surface area contributed by atoms with E-state index in [0.29, 0.717) is 5.41 Å². The van der Waals surface area contributed by atoms with E-state index >= 15 is 0 Å². The molecule has 220 valence electrons. The molecule has 0 saturated carbocycles. The molecule has 7 rings (SSSR count). The molecule has 0 N–H and O–H groups in total. The van der Waals surface area contributed by atoms with Gasteiger partial charge in [-0.3, -0.25) is 0 Å². The van der Waals surface area contributed by atoms with Gasteiger partial charge in [0.25, 0.3) is 0 Å². The quantitative estimate of drug-likeness (QED) is 0.187. The fourth-order valence-electron chi connectivity index (χ4n) is 8.91. The van der Waals surface area contributed by atoms with Crippen LogP contribution in [0.5, 0.6) is 0 Å². The summed E-state index contributed by atoms with van der Waals surface area (Å²) >= 11 is 0. The molecule has 0 aromatic heterocycles. The molecule has 4 aromatic carbocycles. The third kappa shape index (κ3) is 4.23. The molecule has 0 nitrogen and oxygen atoms in total. The molecule has 0 fully saturated rings. The molecule has 0 heteroatoms. The van der Waals surface area contributed by atoms with E-state index in [4.69, 9.17) is 0 Å². The molecular formula is C43H48. The Morgan fingerprint density at radius 1 is 0.628 bits per heavy atom. The number of aryl methyl sites for hydroxylation is 1. The molecule has 43 heavy (non-hydrogen) atoms. The standard InChI is InChI=1S/C43H48/c1-6-8-24-42(25-9-7-2)37-16-12-10-14-33(37)35-29-40-36(28-39(35)42)34-15-11-13-17-38(34)43(40,31-20-18-30(3)19-21-31)32-22-26-41(4,5)27-23-32/h10-22,28-29H,6-9,23-27H2,1-5H3. The van der Waals surface area contributed by atoms with Crippen LogP contribution in [0.1, 0.15) is 119 Å². The molecule has 0 bridgehead atoms. The maximum atomic E-state index is 2.68. The van der Waals surface area contributed by atoms with Crippen LogP contribution in [0.3, 0.4) is 0 Å². The number of hydrogen-bond donors (Lipinski definition) is 0. The third-order valence-electron chi connectivity index (χ3n) is 11.3. The fraction of sp³-hybridized carbons (Fsp3) is 0.395. The molecular weight excluding hydrogens is 516 g/mol. The van der Waals surface area contributed by atoms with Crippen molar-refractivity contribution in [1.29, 1.82) is 0 Å². The second-order valence-electron chi connectivity index (χ2n) is 14.5. The Bertz CT molecular complexity index is 1690. The van der Waals surface area contributed by atoms with Crippen molar-refractivity contribution in [2.75, 3.05) is 0 Å². The highest BCUT2D eigenvalue weighted by molar-refractivity contribution is 5.92. The van der Waals surface area contributed by atoms with Gasteiger partial charge in [0.1, 0.15) is 0 Å². The first-order chi connectivity index (χ1) is 20.9. The Hall–Kier alpha value is -3.38.